The van der Waals surface area contributed by atoms with Crippen molar-refractivity contribution in [3.05, 3.63) is 75.7 Å². The van der Waals surface area contributed by atoms with Gasteiger partial charge in [-0.2, -0.15) is 26.3 Å². The lowest BCUT2D eigenvalue weighted by atomic mass is 10.1. The molecular weight excluding hydrogens is 402 g/mol. The average molecular weight is 411 g/mol. The van der Waals surface area contributed by atoms with Crippen LogP contribution in [0, 0.1) is 0 Å². The quantitative estimate of drug-likeness (QED) is 0.237. The van der Waals surface area contributed by atoms with Crippen molar-refractivity contribution in [1.82, 2.24) is 0 Å². The molecule has 138 valence electrons. The summed E-state index contributed by atoms with van der Waals surface area (Å²) >= 11 is 6.27. The highest BCUT2D eigenvalue weighted by Gasteiger charge is 2.36. The van der Waals surface area contributed by atoms with E-state index in [1.165, 1.54) is 24.3 Å². The molecule has 0 atom stereocenters. The van der Waals surface area contributed by atoms with Gasteiger partial charge in [-0.05, 0) is 53.9 Å². The highest BCUT2D eigenvalue weighted by atomic mass is 35.5. The lowest BCUT2D eigenvalue weighted by Crippen LogP contribution is -2.10. The maximum Gasteiger partial charge on any atom is 0.416 e. The molecule has 0 aliphatic carbocycles. The minimum Gasteiger partial charge on any atom is -0.289 e. The largest absolute Gasteiger partial charge is 0.416 e. The van der Waals surface area contributed by atoms with Crippen LogP contribution in [0.1, 0.15) is 21.5 Å². The number of hydrogen-bond acceptors (Lipinski definition) is 2. The number of thioether (sulfide) groups is 1. The Labute approximate surface area is 153 Å². The zero-order chi connectivity index (χ0) is 19.5. The summed E-state index contributed by atoms with van der Waals surface area (Å²) in [4.78, 5) is 11.6. The van der Waals surface area contributed by atoms with Gasteiger partial charge in [0.1, 0.15) is 0 Å². The van der Waals surface area contributed by atoms with Crippen LogP contribution < -0.4 is 0 Å². The van der Waals surface area contributed by atoms with Crippen molar-refractivity contribution in [1.29, 1.82) is 0 Å². The van der Waals surface area contributed by atoms with Gasteiger partial charge in [0.2, 0.25) is 0 Å². The predicted molar refractivity (Wildman–Crippen MR) is 87.2 cm³/mol. The monoisotopic (exact) mass is 410 g/mol. The Morgan fingerprint density at radius 1 is 0.885 bits per heavy atom. The number of allylic oxidation sites excluding steroid dienone is 1. The van der Waals surface area contributed by atoms with E-state index in [4.69, 9.17) is 11.6 Å². The Morgan fingerprint density at radius 2 is 1.38 bits per heavy atom. The summed E-state index contributed by atoms with van der Waals surface area (Å²) in [5.74, 6) is -0.461. The van der Waals surface area contributed by atoms with Crippen LogP contribution >= 0.6 is 23.4 Å². The summed E-state index contributed by atoms with van der Waals surface area (Å²) in [6.07, 6.45) is -8.78. The second-order valence-corrected chi connectivity index (χ2v) is 6.45. The normalized spacial score (nSPS) is 12.6. The number of hydrogen-bond donors (Lipinski definition) is 0. The molecule has 0 bridgehead atoms. The van der Waals surface area contributed by atoms with E-state index in [1.807, 2.05) is 0 Å². The molecule has 9 heteroatoms. The molecule has 0 spiro atoms. The van der Waals surface area contributed by atoms with Gasteiger partial charge in [0, 0.05) is 15.5 Å². The zero-order valence-corrected chi connectivity index (χ0v) is 14.2. The molecule has 0 aromatic heterocycles. The number of carbonyl (C=O) groups excluding carboxylic acids is 1. The molecule has 0 heterocycles. The fourth-order valence-electron chi connectivity index (χ4n) is 1.88. The predicted octanol–water partition coefficient (Wildman–Crippen LogP) is 6.87. The van der Waals surface area contributed by atoms with E-state index >= 15 is 0 Å². The number of ketones is 1. The van der Waals surface area contributed by atoms with Gasteiger partial charge in [-0.15, -0.1) is 0 Å². The summed E-state index contributed by atoms with van der Waals surface area (Å²) in [6, 6.07) is 7.11. The van der Waals surface area contributed by atoms with Crippen LogP contribution in [0.3, 0.4) is 0 Å². The minimum atomic E-state index is -4.92. The first-order valence-corrected chi connectivity index (χ1v) is 8.15. The van der Waals surface area contributed by atoms with Crippen molar-refractivity contribution in [3.63, 3.8) is 0 Å². The lowest BCUT2D eigenvalue weighted by molar-refractivity contribution is -0.143. The topological polar surface area (TPSA) is 17.1 Å². The Bertz CT molecular complexity index is 792. The Hall–Kier alpha value is -1.93. The Kier molecular flexibility index (Phi) is 6.08. The molecule has 0 aliphatic heterocycles. The van der Waals surface area contributed by atoms with Gasteiger partial charge in [0.05, 0.1) is 11.1 Å². The lowest BCUT2D eigenvalue weighted by Gasteiger charge is -2.13. The average Bonchev–Trinajstić information content (AvgIpc) is 2.53. The first kappa shape index (κ1) is 20.4. The molecule has 0 radical (unpaired) electrons. The first-order valence-electron chi connectivity index (χ1n) is 6.89. The van der Waals surface area contributed by atoms with Gasteiger partial charge in [-0.1, -0.05) is 23.4 Å². The molecule has 2 aromatic carbocycles. The van der Waals surface area contributed by atoms with Crippen LogP contribution in [-0.2, 0) is 12.4 Å². The van der Waals surface area contributed by atoms with Crippen LogP contribution in [-0.4, -0.2) is 5.78 Å². The fourth-order valence-corrected chi connectivity index (χ4v) is 2.74. The summed E-state index contributed by atoms with van der Waals surface area (Å²) in [7, 11) is 0. The van der Waals surface area contributed by atoms with Crippen molar-refractivity contribution < 1.29 is 31.1 Å². The molecular formula is C17H9ClF6OS. The molecule has 2 aromatic rings. The SMILES string of the molecule is O=C(C=CSc1cc(C(F)(F)F)cc(C(F)(F)F)c1)c1ccc(Cl)cc1. The summed E-state index contributed by atoms with van der Waals surface area (Å²) < 4.78 is 76.7. The molecule has 26 heavy (non-hydrogen) atoms. The van der Waals surface area contributed by atoms with Gasteiger partial charge in [-0.25, -0.2) is 0 Å². The number of halogens is 7. The van der Waals surface area contributed by atoms with E-state index in [1.54, 1.807) is 0 Å². The second kappa shape index (κ2) is 7.75. The highest BCUT2D eigenvalue weighted by Crippen LogP contribution is 2.38. The van der Waals surface area contributed by atoms with Crippen molar-refractivity contribution >= 4 is 29.1 Å². The third-order valence-corrected chi connectivity index (χ3v) is 4.15. The van der Waals surface area contributed by atoms with E-state index in [2.05, 4.69) is 0 Å². The standard InChI is InChI=1S/C17H9ClF6OS/c18-13-3-1-10(2-4-13)15(25)5-6-26-14-8-11(16(19,20)21)7-12(9-14)17(22,23)24/h1-9H. The van der Waals surface area contributed by atoms with Crippen molar-refractivity contribution in [2.75, 3.05) is 0 Å². The molecule has 0 saturated carbocycles. The summed E-state index contributed by atoms with van der Waals surface area (Å²) in [6.45, 7) is 0. The van der Waals surface area contributed by atoms with Gasteiger partial charge in [0.15, 0.2) is 5.78 Å². The molecule has 0 saturated heterocycles. The number of alkyl halides is 6. The van der Waals surface area contributed by atoms with Crippen LogP contribution in [0.4, 0.5) is 26.3 Å². The van der Waals surface area contributed by atoms with E-state index < -0.39 is 29.3 Å². The molecule has 0 unspecified atom stereocenters. The van der Waals surface area contributed by atoms with Gasteiger partial charge < -0.3 is 0 Å². The van der Waals surface area contributed by atoms with Crippen molar-refractivity contribution in [3.8, 4) is 0 Å². The molecule has 0 amide bonds. The van der Waals surface area contributed by atoms with E-state index in [9.17, 15) is 31.1 Å². The van der Waals surface area contributed by atoms with Crippen LogP contribution in [0.25, 0.3) is 0 Å². The minimum absolute atomic E-state index is 0.0483. The second-order valence-electron chi connectivity index (χ2n) is 5.03. The van der Waals surface area contributed by atoms with Gasteiger partial charge in [0.25, 0.3) is 0 Å². The highest BCUT2D eigenvalue weighted by molar-refractivity contribution is 8.02. The molecule has 0 aliphatic rings. The maximum atomic E-state index is 12.8. The third-order valence-electron chi connectivity index (χ3n) is 3.11. The molecule has 2 rings (SSSR count). The van der Waals surface area contributed by atoms with Crippen molar-refractivity contribution in [2.24, 2.45) is 0 Å². The summed E-state index contributed by atoms with van der Waals surface area (Å²) in [5, 5.41) is 1.55. The van der Waals surface area contributed by atoms with E-state index in [0.29, 0.717) is 28.9 Å². The molecule has 0 fully saturated rings. The van der Waals surface area contributed by atoms with E-state index in [-0.39, 0.29) is 16.5 Å². The Balaban J connectivity index is 2.23. The third kappa shape index (κ3) is 5.54. The van der Waals surface area contributed by atoms with E-state index in [0.717, 1.165) is 11.5 Å². The summed E-state index contributed by atoms with van der Waals surface area (Å²) in [5.41, 5.74) is -2.54. The van der Waals surface area contributed by atoms with Crippen LogP contribution in [0.5, 0.6) is 0 Å². The smallest absolute Gasteiger partial charge is 0.289 e. The number of benzene rings is 2. The zero-order valence-electron chi connectivity index (χ0n) is 12.7. The fraction of sp³-hybridized carbons (Fsp3) is 0.118. The van der Waals surface area contributed by atoms with Gasteiger partial charge in [-0.3, -0.25) is 4.79 Å². The molecule has 1 nitrogen and oxygen atoms in total. The first-order chi connectivity index (χ1) is 12.0. The van der Waals surface area contributed by atoms with Crippen LogP contribution in [0.15, 0.2) is 58.8 Å². The Morgan fingerprint density at radius 3 is 1.85 bits per heavy atom. The molecule has 0 N–H and O–H groups in total. The van der Waals surface area contributed by atoms with Gasteiger partial charge >= 0.3 is 12.4 Å². The number of carbonyl (C=O) groups is 1. The van der Waals surface area contributed by atoms with Crippen molar-refractivity contribution in [2.45, 2.75) is 17.2 Å². The number of rotatable bonds is 4. The maximum absolute atomic E-state index is 12.8. The van der Waals surface area contributed by atoms with Crippen LogP contribution in [0.2, 0.25) is 5.02 Å².